The van der Waals surface area contributed by atoms with E-state index in [9.17, 15) is 4.79 Å². The lowest BCUT2D eigenvalue weighted by Crippen LogP contribution is -2.30. The Kier molecular flexibility index (Phi) is 6.92. The lowest BCUT2D eigenvalue weighted by molar-refractivity contribution is 0.103. The van der Waals surface area contributed by atoms with Gasteiger partial charge in [0.15, 0.2) is 23.3 Å². The molecule has 0 saturated carbocycles. The highest BCUT2D eigenvalue weighted by molar-refractivity contribution is 6.13. The topological polar surface area (TPSA) is 55.7 Å². The van der Waals surface area contributed by atoms with Crippen LogP contribution in [0.1, 0.15) is 40.9 Å². The van der Waals surface area contributed by atoms with Crippen LogP contribution in [-0.2, 0) is 5.41 Å². The first-order valence-corrected chi connectivity index (χ1v) is 15.8. The molecule has 47 heavy (non-hydrogen) atoms. The van der Waals surface area contributed by atoms with Gasteiger partial charge in [-0.15, -0.1) is 0 Å². The summed E-state index contributed by atoms with van der Waals surface area (Å²) in [6.07, 6.45) is 0. The predicted molar refractivity (Wildman–Crippen MR) is 189 cm³/mol. The summed E-state index contributed by atoms with van der Waals surface area (Å²) in [5.74, 6) is 1.97. The molecule has 6 aromatic carbocycles. The van der Waals surface area contributed by atoms with E-state index in [1.807, 2.05) is 91.0 Å². The summed E-state index contributed by atoms with van der Waals surface area (Å²) < 4.78 is 0. The molecule has 0 amide bonds. The van der Waals surface area contributed by atoms with Crippen molar-refractivity contribution in [2.75, 3.05) is 0 Å². The normalized spacial score (nSPS) is 13.1. The molecule has 0 spiro atoms. The van der Waals surface area contributed by atoms with Crippen molar-refractivity contribution in [3.05, 3.63) is 174 Å². The quantitative estimate of drug-likeness (QED) is 0.196. The third-order valence-electron chi connectivity index (χ3n) is 9.13. The van der Waals surface area contributed by atoms with Crippen LogP contribution in [0.25, 0.3) is 56.4 Å². The second kappa shape index (κ2) is 11.4. The van der Waals surface area contributed by atoms with Gasteiger partial charge in [-0.05, 0) is 51.6 Å². The number of aromatic nitrogens is 3. The Hall–Kier alpha value is -6.00. The first-order chi connectivity index (χ1) is 23.0. The number of hydrogen-bond donors (Lipinski definition) is 0. The number of nitrogens with zero attached hydrogens (tertiary/aromatic N) is 3. The number of benzene rings is 6. The minimum absolute atomic E-state index is 0.0859. The maximum absolute atomic E-state index is 13.7. The van der Waals surface area contributed by atoms with E-state index in [1.54, 1.807) is 0 Å². The summed E-state index contributed by atoms with van der Waals surface area (Å²) in [6.45, 7) is 4.39. The predicted octanol–water partition coefficient (Wildman–Crippen LogP) is 10.1. The smallest absolute Gasteiger partial charge is 0.193 e. The molecule has 4 heteroatoms. The van der Waals surface area contributed by atoms with Gasteiger partial charge in [-0.25, -0.2) is 15.0 Å². The molecule has 0 fully saturated rings. The first-order valence-electron chi connectivity index (χ1n) is 15.8. The van der Waals surface area contributed by atoms with Crippen LogP contribution in [0.15, 0.2) is 152 Å². The Morgan fingerprint density at radius 1 is 0.383 bits per heavy atom. The molecule has 1 heterocycles. The molecule has 0 bridgehead atoms. The van der Waals surface area contributed by atoms with Gasteiger partial charge in [-0.3, -0.25) is 4.79 Å². The van der Waals surface area contributed by atoms with E-state index in [4.69, 9.17) is 15.0 Å². The van der Waals surface area contributed by atoms with Crippen LogP contribution in [0.2, 0.25) is 0 Å². The lowest BCUT2D eigenvalue weighted by Gasteiger charge is -2.34. The zero-order valence-corrected chi connectivity index (χ0v) is 26.2. The number of ketones is 1. The van der Waals surface area contributed by atoms with Gasteiger partial charge in [-0.2, -0.15) is 0 Å². The molecule has 0 unspecified atom stereocenters. The fraction of sp³-hybridized carbons (Fsp3) is 0.0698. The van der Waals surface area contributed by atoms with Gasteiger partial charge in [0.1, 0.15) is 0 Å². The van der Waals surface area contributed by atoms with E-state index >= 15 is 0 Å². The van der Waals surface area contributed by atoms with Crippen LogP contribution in [0, 0.1) is 0 Å². The molecule has 1 aliphatic rings. The second-order valence-corrected chi connectivity index (χ2v) is 12.5. The van der Waals surface area contributed by atoms with Gasteiger partial charge < -0.3 is 0 Å². The van der Waals surface area contributed by atoms with Crippen molar-refractivity contribution in [3.8, 4) is 56.4 Å². The highest BCUT2D eigenvalue weighted by atomic mass is 16.1. The average Bonchev–Trinajstić information content (AvgIpc) is 3.14. The van der Waals surface area contributed by atoms with Crippen molar-refractivity contribution < 1.29 is 4.79 Å². The largest absolute Gasteiger partial charge is 0.289 e. The van der Waals surface area contributed by atoms with Crippen LogP contribution in [0.3, 0.4) is 0 Å². The van der Waals surface area contributed by atoms with E-state index in [2.05, 4.69) is 74.5 Å². The molecule has 4 nitrogen and oxygen atoms in total. The molecule has 0 radical (unpaired) electrons. The van der Waals surface area contributed by atoms with Crippen LogP contribution < -0.4 is 0 Å². The maximum atomic E-state index is 13.7. The zero-order valence-electron chi connectivity index (χ0n) is 26.2. The maximum Gasteiger partial charge on any atom is 0.193 e. The fourth-order valence-corrected chi connectivity index (χ4v) is 6.63. The third-order valence-corrected chi connectivity index (χ3v) is 9.13. The molecule has 1 aliphatic carbocycles. The number of fused-ring (bicyclic) bond motifs is 2. The summed E-state index contributed by atoms with van der Waals surface area (Å²) in [4.78, 5) is 28.3. The van der Waals surface area contributed by atoms with Crippen molar-refractivity contribution in [1.29, 1.82) is 0 Å². The van der Waals surface area contributed by atoms with E-state index in [0.29, 0.717) is 17.5 Å². The molecule has 8 rings (SSSR count). The number of carbonyl (C=O) groups excluding carboxylic acids is 1. The van der Waals surface area contributed by atoms with Gasteiger partial charge >= 0.3 is 0 Å². The van der Waals surface area contributed by atoms with Crippen LogP contribution in [-0.4, -0.2) is 20.7 Å². The average molecular weight is 606 g/mol. The van der Waals surface area contributed by atoms with Crippen LogP contribution in [0.5, 0.6) is 0 Å². The molecule has 0 aliphatic heterocycles. The SMILES string of the molecule is CC1(C)c2ccccc2C(=O)c2cc(-c3cccc(-c4cccc(-c5nc(-c6ccccc6)nc(-c6ccccc6)n5)c4)c3)ccc21. The van der Waals surface area contributed by atoms with Gasteiger partial charge in [0.25, 0.3) is 0 Å². The molecular weight excluding hydrogens is 574 g/mol. The molecule has 224 valence electrons. The van der Waals surface area contributed by atoms with Crippen molar-refractivity contribution in [3.63, 3.8) is 0 Å². The number of hydrogen-bond acceptors (Lipinski definition) is 4. The van der Waals surface area contributed by atoms with E-state index < -0.39 is 0 Å². The van der Waals surface area contributed by atoms with Crippen molar-refractivity contribution in [1.82, 2.24) is 15.0 Å². The van der Waals surface area contributed by atoms with Gasteiger partial charge in [0.2, 0.25) is 0 Å². The Morgan fingerprint density at radius 3 is 1.40 bits per heavy atom. The summed E-state index contributed by atoms with van der Waals surface area (Å²) in [6, 6.07) is 51.1. The van der Waals surface area contributed by atoms with Crippen molar-refractivity contribution in [2.45, 2.75) is 19.3 Å². The standard InChI is InChI=1S/C43H31N3O/c1-43(2)37-22-10-9-21-35(37)39(47)36-27-33(23-24-38(36)43)31-18-11-17-30(25-31)32-19-12-20-34(26-32)42-45-40(28-13-5-3-6-14-28)44-41(46-42)29-15-7-4-8-16-29/h3-27H,1-2H3. The Morgan fingerprint density at radius 2 is 0.809 bits per heavy atom. The van der Waals surface area contributed by atoms with E-state index in [-0.39, 0.29) is 11.2 Å². The highest BCUT2D eigenvalue weighted by Crippen LogP contribution is 2.42. The summed E-state index contributed by atoms with van der Waals surface area (Å²) in [5, 5.41) is 0. The van der Waals surface area contributed by atoms with Crippen LogP contribution in [0.4, 0.5) is 0 Å². The molecule has 0 saturated heterocycles. The highest BCUT2D eigenvalue weighted by Gasteiger charge is 2.36. The molecular formula is C43H31N3O. The zero-order chi connectivity index (χ0) is 32.0. The van der Waals surface area contributed by atoms with Crippen LogP contribution >= 0.6 is 0 Å². The number of carbonyl (C=O) groups is 1. The minimum atomic E-state index is -0.254. The molecule has 1 aromatic heterocycles. The Bertz CT molecular complexity index is 2230. The second-order valence-electron chi connectivity index (χ2n) is 12.5. The van der Waals surface area contributed by atoms with Gasteiger partial charge in [0.05, 0.1) is 0 Å². The number of rotatable bonds is 5. The fourth-order valence-electron chi connectivity index (χ4n) is 6.63. The molecule has 0 N–H and O–H groups in total. The monoisotopic (exact) mass is 605 g/mol. The summed E-state index contributed by atoms with van der Waals surface area (Å²) in [5.41, 5.74) is 10.4. The minimum Gasteiger partial charge on any atom is -0.289 e. The Balaban J connectivity index is 1.18. The Labute approximate surface area is 274 Å². The lowest BCUT2D eigenvalue weighted by atomic mass is 9.68. The van der Waals surface area contributed by atoms with E-state index in [1.165, 1.54) is 0 Å². The molecule has 7 aromatic rings. The van der Waals surface area contributed by atoms with Crippen molar-refractivity contribution >= 4 is 5.78 Å². The van der Waals surface area contributed by atoms with Gasteiger partial charge in [0, 0.05) is 33.2 Å². The van der Waals surface area contributed by atoms with Gasteiger partial charge in [-0.1, -0.05) is 147 Å². The van der Waals surface area contributed by atoms with E-state index in [0.717, 1.165) is 61.2 Å². The summed E-state index contributed by atoms with van der Waals surface area (Å²) in [7, 11) is 0. The summed E-state index contributed by atoms with van der Waals surface area (Å²) >= 11 is 0. The van der Waals surface area contributed by atoms with Crippen molar-refractivity contribution in [2.24, 2.45) is 0 Å². The molecule has 0 atom stereocenters. The third kappa shape index (κ3) is 5.14. The first kappa shape index (κ1) is 28.5.